The van der Waals surface area contributed by atoms with Crippen molar-refractivity contribution in [2.75, 3.05) is 12.4 Å². The maximum absolute atomic E-state index is 12.8. The van der Waals surface area contributed by atoms with E-state index in [0.29, 0.717) is 5.13 Å². The SMILES string of the molecule is COc1ccc(-c2nc(NC(=O)c3occc3CS(=O)(=O)c3ccccc3)sc2C)cc1. The highest BCUT2D eigenvalue weighted by atomic mass is 32.2. The van der Waals surface area contributed by atoms with Crippen LogP contribution in [-0.2, 0) is 15.6 Å². The third-order valence-electron chi connectivity index (χ3n) is 4.78. The van der Waals surface area contributed by atoms with Crippen LogP contribution in [0.25, 0.3) is 11.3 Å². The Balaban J connectivity index is 1.53. The van der Waals surface area contributed by atoms with Gasteiger partial charge in [0, 0.05) is 16.0 Å². The highest BCUT2D eigenvalue weighted by molar-refractivity contribution is 7.90. The maximum atomic E-state index is 12.8. The van der Waals surface area contributed by atoms with Gasteiger partial charge in [0.05, 0.1) is 29.7 Å². The molecule has 4 aromatic rings. The summed E-state index contributed by atoms with van der Waals surface area (Å²) in [5, 5.41) is 3.11. The van der Waals surface area contributed by atoms with Gasteiger partial charge in [-0.15, -0.1) is 11.3 Å². The molecule has 2 aromatic carbocycles. The van der Waals surface area contributed by atoms with Gasteiger partial charge in [-0.25, -0.2) is 13.4 Å². The quantitative estimate of drug-likeness (QED) is 0.412. The van der Waals surface area contributed by atoms with E-state index in [1.807, 2.05) is 31.2 Å². The van der Waals surface area contributed by atoms with Crippen LogP contribution in [0.5, 0.6) is 5.75 Å². The Labute approximate surface area is 189 Å². The van der Waals surface area contributed by atoms with Crippen molar-refractivity contribution in [1.82, 2.24) is 4.98 Å². The molecule has 0 aliphatic heterocycles. The number of carbonyl (C=O) groups is 1. The van der Waals surface area contributed by atoms with Gasteiger partial charge >= 0.3 is 0 Å². The molecule has 0 saturated heterocycles. The van der Waals surface area contributed by atoms with Crippen molar-refractivity contribution in [3.63, 3.8) is 0 Å². The number of hydrogen-bond donors (Lipinski definition) is 1. The minimum Gasteiger partial charge on any atom is -0.497 e. The third-order valence-corrected chi connectivity index (χ3v) is 7.35. The Hall–Kier alpha value is -3.43. The first kappa shape index (κ1) is 21.8. The first-order chi connectivity index (χ1) is 15.4. The van der Waals surface area contributed by atoms with Crippen LogP contribution in [0.1, 0.15) is 21.0 Å². The number of nitrogens with one attached hydrogen (secondary N) is 1. The second-order valence-corrected chi connectivity index (χ2v) is 10.1. The number of nitrogens with zero attached hydrogens (tertiary/aromatic N) is 1. The van der Waals surface area contributed by atoms with Crippen LogP contribution in [0.3, 0.4) is 0 Å². The van der Waals surface area contributed by atoms with E-state index >= 15 is 0 Å². The molecule has 4 rings (SSSR count). The Morgan fingerprint density at radius 2 is 1.81 bits per heavy atom. The molecule has 7 nitrogen and oxygen atoms in total. The smallest absolute Gasteiger partial charge is 0.293 e. The molecule has 164 valence electrons. The lowest BCUT2D eigenvalue weighted by molar-refractivity contribution is 0.0995. The number of aromatic nitrogens is 1. The molecular weight excluding hydrogens is 448 g/mol. The van der Waals surface area contributed by atoms with Crippen LogP contribution in [-0.4, -0.2) is 26.4 Å². The molecule has 2 heterocycles. The summed E-state index contributed by atoms with van der Waals surface area (Å²) in [6.07, 6.45) is 1.31. The summed E-state index contributed by atoms with van der Waals surface area (Å²) < 4.78 is 35.9. The maximum Gasteiger partial charge on any atom is 0.293 e. The molecular formula is C23H20N2O5S2. The van der Waals surface area contributed by atoms with E-state index in [1.165, 1.54) is 35.8 Å². The van der Waals surface area contributed by atoms with Gasteiger partial charge in [0.1, 0.15) is 5.75 Å². The van der Waals surface area contributed by atoms with Crippen molar-refractivity contribution in [2.24, 2.45) is 0 Å². The predicted molar refractivity (Wildman–Crippen MR) is 123 cm³/mol. The molecule has 32 heavy (non-hydrogen) atoms. The van der Waals surface area contributed by atoms with Crippen LogP contribution in [0, 0.1) is 6.92 Å². The standard InChI is InChI=1S/C23H20N2O5S2/c1-15-20(16-8-10-18(29-2)11-9-16)24-23(31-15)25-22(26)21-17(12-13-30-21)14-32(27,28)19-6-4-3-5-7-19/h3-13H,14H2,1-2H3,(H,24,25,26). The topological polar surface area (TPSA) is 98.5 Å². The normalized spacial score (nSPS) is 11.3. The number of ether oxygens (including phenoxy) is 1. The number of methoxy groups -OCH3 is 1. The summed E-state index contributed by atoms with van der Waals surface area (Å²) in [7, 11) is -2.02. The third kappa shape index (κ3) is 4.58. The lowest BCUT2D eigenvalue weighted by Gasteiger charge is -2.05. The zero-order chi connectivity index (χ0) is 22.7. The van der Waals surface area contributed by atoms with Gasteiger partial charge in [-0.1, -0.05) is 18.2 Å². The summed E-state index contributed by atoms with van der Waals surface area (Å²) in [5.74, 6) is -0.206. The van der Waals surface area contributed by atoms with Gasteiger partial charge in [0.25, 0.3) is 5.91 Å². The monoisotopic (exact) mass is 468 g/mol. The van der Waals surface area contributed by atoms with Crippen LogP contribution >= 0.6 is 11.3 Å². The summed E-state index contributed by atoms with van der Waals surface area (Å²) in [4.78, 5) is 18.4. The zero-order valence-corrected chi connectivity index (χ0v) is 19.0. The molecule has 0 atom stereocenters. The minimum absolute atomic E-state index is 0.0524. The van der Waals surface area contributed by atoms with Gasteiger partial charge in [-0.05, 0) is 49.4 Å². The van der Waals surface area contributed by atoms with E-state index < -0.39 is 15.7 Å². The van der Waals surface area contributed by atoms with Crippen molar-refractivity contribution in [3.8, 4) is 17.0 Å². The number of aryl methyl sites for hydroxylation is 1. The van der Waals surface area contributed by atoms with Crippen molar-refractivity contribution in [1.29, 1.82) is 0 Å². The molecule has 0 aliphatic carbocycles. The molecule has 1 N–H and O–H groups in total. The second kappa shape index (κ2) is 8.97. The average molecular weight is 469 g/mol. The Morgan fingerprint density at radius 1 is 1.09 bits per heavy atom. The second-order valence-electron chi connectivity index (χ2n) is 6.95. The summed E-state index contributed by atoms with van der Waals surface area (Å²) >= 11 is 1.33. The van der Waals surface area contributed by atoms with Crippen molar-refractivity contribution in [3.05, 3.63) is 83.1 Å². The minimum atomic E-state index is -3.62. The number of sulfone groups is 1. The first-order valence-electron chi connectivity index (χ1n) is 9.65. The lowest BCUT2D eigenvalue weighted by atomic mass is 10.1. The molecule has 1 amide bonds. The molecule has 0 saturated carbocycles. The summed E-state index contributed by atoms with van der Waals surface area (Å²) in [6, 6.07) is 17.1. The van der Waals surface area contributed by atoms with E-state index in [0.717, 1.165) is 21.9 Å². The molecule has 2 aromatic heterocycles. The Kier molecular flexibility index (Phi) is 6.11. The number of hydrogen-bond acceptors (Lipinski definition) is 7. The van der Waals surface area contributed by atoms with Gasteiger partial charge in [0.2, 0.25) is 0 Å². The van der Waals surface area contributed by atoms with E-state index in [-0.39, 0.29) is 22.0 Å². The van der Waals surface area contributed by atoms with Crippen molar-refractivity contribution >= 4 is 32.2 Å². The van der Waals surface area contributed by atoms with Gasteiger partial charge in [-0.2, -0.15) is 0 Å². The van der Waals surface area contributed by atoms with E-state index in [9.17, 15) is 13.2 Å². The average Bonchev–Trinajstić information content (AvgIpc) is 3.40. The number of furan rings is 1. The molecule has 0 bridgehead atoms. The number of thiazole rings is 1. The van der Waals surface area contributed by atoms with Crippen LogP contribution in [0.4, 0.5) is 5.13 Å². The molecule has 0 unspecified atom stereocenters. The molecule has 9 heteroatoms. The summed E-state index contributed by atoms with van der Waals surface area (Å²) in [6.45, 7) is 1.91. The fourth-order valence-corrected chi connectivity index (χ4v) is 5.39. The van der Waals surface area contributed by atoms with Gasteiger partial charge in [-0.3, -0.25) is 10.1 Å². The van der Waals surface area contributed by atoms with Crippen LogP contribution in [0.15, 0.2) is 76.2 Å². The van der Waals surface area contributed by atoms with Crippen molar-refractivity contribution in [2.45, 2.75) is 17.6 Å². The van der Waals surface area contributed by atoms with Crippen LogP contribution < -0.4 is 10.1 Å². The predicted octanol–water partition coefficient (Wildman–Crippen LogP) is 4.95. The largest absolute Gasteiger partial charge is 0.497 e. The fourth-order valence-electron chi connectivity index (χ4n) is 3.18. The van der Waals surface area contributed by atoms with Crippen LogP contribution in [0.2, 0.25) is 0 Å². The van der Waals surface area contributed by atoms with Crippen molar-refractivity contribution < 1.29 is 22.4 Å². The summed E-state index contributed by atoms with van der Waals surface area (Å²) in [5.41, 5.74) is 1.93. The fraction of sp³-hybridized carbons (Fsp3) is 0.130. The number of benzene rings is 2. The highest BCUT2D eigenvalue weighted by Gasteiger charge is 2.23. The Morgan fingerprint density at radius 3 is 2.50 bits per heavy atom. The van der Waals surface area contributed by atoms with Gasteiger partial charge < -0.3 is 9.15 Å². The Bertz CT molecular complexity index is 1340. The highest BCUT2D eigenvalue weighted by Crippen LogP contribution is 2.32. The zero-order valence-electron chi connectivity index (χ0n) is 17.4. The molecule has 0 fully saturated rings. The molecule has 0 aliphatic rings. The van der Waals surface area contributed by atoms with Gasteiger partial charge in [0.15, 0.2) is 20.7 Å². The van der Waals surface area contributed by atoms with E-state index in [4.69, 9.17) is 9.15 Å². The molecule has 0 radical (unpaired) electrons. The number of carbonyl (C=O) groups excluding carboxylic acids is 1. The van der Waals surface area contributed by atoms with E-state index in [1.54, 1.807) is 25.3 Å². The first-order valence-corrected chi connectivity index (χ1v) is 12.1. The lowest BCUT2D eigenvalue weighted by Crippen LogP contribution is -2.14. The number of anilines is 1. The number of amides is 1. The van der Waals surface area contributed by atoms with E-state index in [2.05, 4.69) is 10.3 Å². The number of rotatable bonds is 7. The molecule has 0 spiro atoms.